The molecule has 0 saturated carbocycles. The van der Waals surface area contributed by atoms with Gasteiger partial charge in [0.25, 0.3) is 0 Å². The van der Waals surface area contributed by atoms with Gasteiger partial charge in [0.05, 0.1) is 16.6 Å². The van der Waals surface area contributed by atoms with Crippen LogP contribution in [0.25, 0.3) is 0 Å². The molecule has 0 bridgehead atoms. The van der Waals surface area contributed by atoms with Crippen LogP contribution in [-0.4, -0.2) is 0 Å². The van der Waals surface area contributed by atoms with Gasteiger partial charge in [0, 0.05) is 11.4 Å². The summed E-state index contributed by atoms with van der Waals surface area (Å²) in [5, 5.41) is 12.6. The van der Waals surface area contributed by atoms with Crippen molar-refractivity contribution in [2.24, 2.45) is 0 Å². The van der Waals surface area contributed by atoms with Crippen LogP contribution in [0.4, 0.5) is 11.4 Å². The van der Waals surface area contributed by atoms with E-state index in [1.54, 1.807) is 12.1 Å². The number of halogens is 1. The first-order chi connectivity index (χ1) is 9.11. The number of hydrogen-bond donors (Lipinski definition) is 2. The Balaban J connectivity index is 2.20. The lowest BCUT2D eigenvalue weighted by atomic mass is 10.1. The van der Waals surface area contributed by atoms with E-state index in [2.05, 4.69) is 5.32 Å². The molecule has 0 spiro atoms. The summed E-state index contributed by atoms with van der Waals surface area (Å²) in [5.74, 6) is 0. The van der Waals surface area contributed by atoms with Crippen molar-refractivity contribution >= 4 is 23.0 Å². The van der Waals surface area contributed by atoms with Gasteiger partial charge in [-0.05, 0) is 36.8 Å². The lowest BCUT2D eigenvalue weighted by Gasteiger charge is -2.17. The van der Waals surface area contributed by atoms with Crippen molar-refractivity contribution in [3.63, 3.8) is 0 Å². The average molecular weight is 272 g/mol. The maximum absolute atomic E-state index is 8.83. The first kappa shape index (κ1) is 13.3. The highest BCUT2D eigenvalue weighted by molar-refractivity contribution is 6.32. The number of nitrogen functional groups attached to an aromatic ring is 1. The van der Waals surface area contributed by atoms with Gasteiger partial charge >= 0.3 is 0 Å². The molecule has 0 aromatic heterocycles. The molecule has 0 aliphatic rings. The summed E-state index contributed by atoms with van der Waals surface area (Å²) in [6.45, 7) is 2.03. The first-order valence-corrected chi connectivity index (χ1v) is 6.30. The summed E-state index contributed by atoms with van der Waals surface area (Å²) in [4.78, 5) is 0. The van der Waals surface area contributed by atoms with Crippen LogP contribution in [0.15, 0.2) is 42.5 Å². The predicted molar refractivity (Wildman–Crippen MR) is 79.1 cm³/mol. The molecule has 3 nitrogen and oxygen atoms in total. The molecule has 2 rings (SSSR count). The quantitative estimate of drug-likeness (QED) is 0.831. The minimum atomic E-state index is 0.0604. The van der Waals surface area contributed by atoms with Gasteiger partial charge in [0.2, 0.25) is 0 Å². The fourth-order valence-corrected chi connectivity index (χ4v) is 2.15. The second-order valence-corrected chi connectivity index (χ2v) is 4.71. The lowest BCUT2D eigenvalue weighted by Crippen LogP contribution is -2.09. The van der Waals surface area contributed by atoms with Gasteiger partial charge in [-0.15, -0.1) is 0 Å². The van der Waals surface area contributed by atoms with E-state index in [0.717, 1.165) is 16.9 Å². The van der Waals surface area contributed by atoms with E-state index in [-0.39, 0.29) is 6.04 Å². The molecule has 19 heavy (non-hydrogen) atoms. The topological polar surface area (TPSA) is 61.8 Å². The van der Waals surface area contributed by atoms with Gasteiger partial charge in [-0.1, -0.05) is 29.8 Å². The van der Waals surface area contributed by atoms with Crippen molar-refractivity contribution in [2.75, 3.05) is 11.1 Å². The van der Waals surface area contributed by atoms with E-state index in [0.29, 0.717) is 10.6 Å². The number of anilines is 2. The van der Waals surface area contributed by atoms with E-state index < -0.39 is 0 Å². The Morgan fingerprint density at radius 2 is 2.00 bits per heavy atom. The van der Waals surface area contributed by atoms with Crippen molar-refractivity contribution in [1.82, 2.24) is 0 Å². The van der Waals surface area contributed by atoms with Crippen molar-refractivity contribution in [3.8, 4) is 6.07 Å². The Bertz CT molecular complexity index is 632. The number of hydrogen-bond acceptors (Lipinski definition) is 3. The Hall–Kier alpha value is -2.18. The summed E-state index contributed by atoms with van der Waals surface area (Å²) in [6.07, 6.45) is 0. The van der Waals surface area contributed by atoms with Crippen molar-refractivity contribution < 1.29 is 0 Å². The maximum atomic E-state index is 8.83. The number of para-hydroxylation sites is 1. The Labute approximate surface area is 117 Å². The first-order valence-electron chi connectivity index (χ1n) is 5.92. The molecule has 4 heteroatoms. The summed E-state index contributed by atoms with van der Waals surface area (Å²) in [6, 6.07) is 15.1. The minimum absolute atomic E-state index is 0.0604. The van der Waals surface area contributed by atoms with E-state index in [1.807, 2.05) is 43.3 Å². The molecule has 1 unspecified atom stereocenters. The summed E-state index contributed by atoms with van der Waals surface area (Å²) in [5.41, 5.74) is 9.06. The van der Waals surface area contributed by atoms with Crippen LogP contribution >= 0.6 is 11.6 Å². The highest BCUT2D eigenvalue weighted by Crippen LogP contribution is 2.26. The van der Waals surface area contributed by atoms with E-state index in [1.165, 1.54) is 0 Å². The fourth-order valence-electron chi connectivity index (χ4n) is 1.93. The van der Waals surface area contributed by atoms with Gasteiger partial charge in [-0.3, -0.25) is 0 Å². The molecular weight excluding hydrogens is 258 g/mol. The zero-order chi connectivity index (χ0) is 13.8. The smallest absolute Gasteiger partial charge is 0.101 e. The largest absolute Gasteiger partial charge is 0.398 e. The molecule has 3 N–H and O–H groups in total. The minimum Gasteiger partial charge on any atom is -0.398 e. The van der Waals surface area contributed by atoms with Crippen LogP contribution in [0, 0.1) is 11.3 Å². The van der Waals surface area contributed by atoms with Gasteiger partial charge in [-0.2, -0.15) is 5.26 Å². The number of nitrogens with zero attached hydrogens (tertiary/aromatic N) is 1. The van der Waals surface area contributed by atoms with Crippen molar-refractivity contribution in [3.05, 3.63) is 58.6 Å². The normalized spacial score (nSPS) is 11.6. The third-order valence-corrected chi connectivity index (χ3v) is 3.25. The fraction of sp³-hybridized carbons (Fsp3) is 0.133. The summed E-state index contributed by atoms with van der Waals surface area (Å²) >= 11 is 6.00. The van der Waals surface area contributed by atoms with E-state index in [4.69, 9.17) is 22.6 Å². The molecule has 1 atom stereocenters. The highest BCUT2D eigenvalue weighted by atomic mass is 35.5. The van der Waals surface area contributed by atoms with Gasteiger partial charge in [-0.25, -0.2) is 0 Å². The molecule has 0 fully saturated rings. The van der Waals surface area contributed by atoms with Crippen molar-refractivity contribution in [2.45, 2.75) is 13.0 Å². The van der Waals surface area contributed by atoms with Crippen LogP contribution in [-0.2, 0) is 0 Å². The Kier molecular flexibility index (Phi) is 3.94. The number of rotatable bonds is 3. The van der Waals surface area contributed by atoms with E-state index in [9.17, 15) is 0 Å². The monoisotopic (exact) mass is 271 g/mol. The Morgan fingerprint density at radius 1 is 1.26 bits per heavy atom. The third-order valence-electron chi connectivity index (χ3n) is 2.94. The molecule has 0 heterocycles. The molecule has 0 saturated heterocycles. The van der Waals surface area contributed by atoms with Crippen molar-refractivity contribution in [1.29, 1.82) is 5.26 Å². The highest BCUT2D eigenvalue weighted by Gasteiger charge is 2.09. The van der Waals surface area contributed by atoms with Crippen LogP contribution < -0.4 is 11.1 Å². The summed E-state index contributed by atoms with van der Waals surface area (Å²) < 4.78 is 0. The average Bonchev–Trinajstić information content (AvgIpc) is 2.39. The number of benzene rings is 2. The molecular formula is C15H14ClN3. The van der Waals surface area contributed by atoms with Gasteiger partial charge in [0.1, 0.15) is 6.07 Å². The number of nitriles is 1. The third kappa shape index (κ3) is 2.98. The predicted octanol–water partition coefficient (Wildman–Crippen LogP) is 3.97. The van der Waals surface area contributed by atoms with Crippen LogP contribution in [0.3, 0.4) is 0 Å². The molecule has 2 aromatic rings. The van der Waals surface area contributed by atoms with Gasteiger partial charge in [0.15, 0.2) is 0 Å². The number of nitrogens with two attached hydrogens (primary N) is 1. The van der Waals surface area contributed by atoms with E-state index >= 15 is 0 Å². The van der Waals surface area contributed by atoms with Gasteiger partial charge < -0.3 is 11.1 Å². The molecule has 0 radical (unpaired) electrons. The molecule has 0 amide bonds. The van der Waals surface area contributed by atoms with Crippen LogP contribution in [0.5, 0.6) is 0 Å². The standard InChI is InChI=1S/C15H14ClN3/c1-10(13-4-2-3-5-15(13)18)19-12-7-6-11(9-17)14(16)8-12/h2-8,10,19H,18H2,1H3. The SMILES string of the molecule is CC(Nc1ccc(C#N)c(Cl)c1)c1ccccc1N. The summed E-state index contributed by atoms with van der Waals surface area (Å²) in [7, 11) is 0. The molecule has 96 valence electrons. The molecule has 2 aromatic carbocycles. The zero-order valence-electron chi connectivity index (χ0n) is 10.5. The lowest BCUT2D eigenvalue weighted by molar-refractivity contribution is 0.888. The van der Waals surface area contributed by atoms with Crippen LogP contribution in [0.1, 0.15) is 24.1 Å². The second-order valence-electron chi connectivity index (χ2n) is 4.30. The number of nitrogens with one attached hydrogen (secondary N) is 1. The zero-order valence-corrected chi connectivity index (χ0v) is 11.3. The second kappa shape index (κ2) is 5.64. The maximum Gasteiger partial charge on any atom is 0.101 e. The van der Waals surface area contributed by atoms with Crippen LogP contribution in [0.2, 0.25) is 5.02 Å². The molecule has 0 aliphatic heterocycles. The Morgan fingerprint density at radius 3 is 2.63 bits per heavy atom. The molecule has 0 aliphatic carbocycles.